The minimum atomic E-state index is 0.804. The molecular formula is C11H19N5. The molecule has 0 bridgehead atoms. The number of hydrogen-bond acceptors (Lipinski definition) is 4. The van der Waals surface area contributed by atoms with Gasteiger partial charge in [-0.2, -0.15) is 5.21 Å². The van der Waals surface area contributed by atoms with Crippen LogP contribution in [0.4, 0.5) is 0 Å². The van der Waals surface area contributed by atoms with Crippen LogP contribution in [0.5, 0.6) is 0 Å². The second kappa shape index (κ2) is 5.75. The number of H-pyrrole nitrogens is 1. The van der Waals surface area contributed by atoms with Crippen molar-refractivity contribution in [2.24, 2.45) is 0 Å². The monoisotopic (exact) mass is 221 g/mol. The van der Waals surface area contributed by atoms with E-state index in [2.05, 4.69) is 38.5 Å². The molecule has 0 saturated heterocycles. The fourth-order valence-corrected chi connectivity index (χ4v) is 2.06. The Hall–Kier alpha value is -1.23. The summed E-state index contributed by atoms with van der Waals surface area (Å²) < 4.78 is 0. The van der Waals surface area contributed by atoms with E-state index in [1.54, 1.807) is 5.57 Å². The van der Waals surface area contributed by atoms with Gasteiger partial charge in [-0.3, -0.25) is 4.90 Å². The molecule has 0 amide bonds. The maximum atomic E-state index is 3.97. The third-order valence-corrected chi connectivity index (χ3v) is 3.05. The molecule has 0 aromatic carbocycles. The molecule has 0 saturated carbocycles. The fourth-order valence-electron chi connectivity index (χ4n) is 2.06. The van der Waals surface area contributed by atoms with Gasteiger partial charge in [0.25, 0.3) is 0 Å². The first-order chi connectivity index (χ1) is 7.88. The maximum Gasteiger partial charge on any atom is 0.175 e. The molecule has 5 heteroatoms. The van der Waals surface area contributed by atoms with Crippen molar-refractivity contribution < 1.29 is 0 Å². The number of tetrazole rings is 1. The predicted octanol–water partition coefficient (Wildman–Crippen LogP) is 1.17. The fraction of sp³-hybridized carbons (Fsp3) is 0.727. The Morgan fingerprint density at radius 2 is 2.44 bits per heavy atom. The average Bonchev–Trinajstić information content (AvgIpc) is 2.97. The lowest BCUT2D eigenvalue weighted by Gasteiger charge is -2.20. The normalized spacial score (nSPS) is 15.8. The zero-order valence-electron chi connectivity index (χ0n) is 9.82. The van der Waals surface area contributed by atoms with Crippen LogP contribution in [0.1, 0.15) is 32.0 Å². The van der Waals surface area contributed by atoms with Crippen molar-refractivity contribution in [1.29, 1.82) is 0 Å². The molecule has 1 aliphatic carbocycles. The van der Waals surface area contributed by atoms with Gasteiger partial charge >= 0.3 is 0 Å². The molecular weight excluding hydrogens is 202 g/mol. The van der Waals surface area contributed by atoms with E-state index in [-0.39, 0.29) is 0 Å². The van der Waals surface area contributed by atoms with Crippen molar-refractivity contribution >= 4 is 0 Å². The summed E-state index contributed by atoms with van der Waals surface area (Å²) in [6, 6.07) is 0. The van der Waals surface area contributed by atoms with Gasteiger partial charge in [0.05, 0.1) is 0 Å². The van der Waals surface area contributed by atoms with Gasteiger partial charge < -0.3 is 0 Å². The first-order valence-electron chi connectivity index (χ1n) is 6.01. The van der Waals surface area contributed by atoms with Crippen LogP contribution in [-0.4, -0.2) is 45.2 Å². The SMILES string of the molecule is CCN(CCc1nn[nH]n1)CC1=CCCC1. The summed E-state index contributed by atoms with van der Waals surface area (Å²) in [6.45, 7) is 5.39. The first kappa shape index (κ1) is 11.3. The molecule has 0 radical (unpaired) electrons. The Morgan fingerprint density at radius 1 is 1.50 bits per heavy atom. The van der Waals surface area contributed by atoms with Crippen molar-refractivity contribution in [2.75, 3.05) is 19.6 Å². The Morgan fingerprint density at radius 3 is 3.06 bits per heavy atom. The molecule has 1 N–H and O–H groups in total. The lowest BCUT2D eigenvalue weighted by atomic mass is 10.2. The highest BCUT2D eigenvalue weighted by Gasteiger charge is 2.10. The molecule has 2 rings (SSSR count). The molecule has 1 aromatic heterocycles. The highest BCUT2D eigenvalue weighted by Crippen LogP contribution is 2.18. The zero-order chi connectivity index (χ0) is 11.2. The number of allylic oxidation sites excluding steroid dienone is 1. The number of nitrogens with zero attached hydrogens (tertiary/aromatic N) is 4. The van der Waals surface area contributed by atoms with Crippen LogP contribution in [-0.2, 0) is 6.42 Å². The van der Waals surface area contributed by atoms with Crippen LogP contribution in [0.2, 0.25) is 0 Å². The summed E-state index contributed by atoms with van der Waals surface area (Å²) in [5, 5.41) is 14.0. The molecule has 5 nitrogen and oxygen atoms in total. The van der Waals surface area contributed by atoms with Crippen LogP contribution < -0.4 is 0 Å². The number of aromatic amines is 1. The van der Waals surface area contributed by atoms with Crippen LogP contribution in [0, 0.1) is 0 Å². The van der Waals surface area contributed by atoms with E-state index in [1.165, 1.54) is 19.3 Å². The average molecular weight is 221 g/mol. The van der Waals surface area contributed by atoms with Crippen molar-refractivity contribution in [3.8, 4) is 0 Å². The van der Waals surface area contributed by atoms with E-state index in [9.17, 15) is 0 Å². The van der Waals surface area contributed by atoms with Crippen molar-refractivity contribution in [2.45, 2.75) is 32.6 Å². The largest absolute Gasteiger partial charge is 0.299 e. The topological polar surface area (TPSA) is 57.7 Å². The molecule has 0 spiro atoms. The van der Waals surface area contributed by atoms with E-state index >= 15 is 0 Å². The Kier molecular flexibility index (Phi) is 4.04. The van der Waals surface area contributed by atoms with Gasteiger partial charge in [-0.15, -0.1) is 10.2 Å². The number of nitrogens with one attached hydrogen (secondary N) is 1. The lowest BCUT2D eigenvalue weighted by molar-refractivity contribution is 0.312. The molecule has 1 aliphatic rings. The summed E-state index contributed by atoms with van der Waals surface area (Å²) in [5.74, 6) is 0.804. The van der Waals surface area contributed by atoms with E-state index < -0.39 is 0 Å². The van der Waals surface area contributed by atoms with Crippen LogP contribution in [0.25, 0.3) is 0 Å². The van der Waals surface area contributed by atoms with Crippen molar-refractivity contribution in [3.05, 3.63) is 17.5 Å². The highest BCUT2D eigenvalue weighted by molar-refractivity contribution is 5.09. The first-order valence-corrected chi connectivity index (χ1v) is 6.01. The predicted molar refractivity (Wildman–Crippen MR) is 61.9 cm³/mol. The van der Waals surface area contributed by atoms with Crippen LogP contribution in [0.15, 0.2) is 11.6 Å². The molecule has 1 heterocycles. The van der Waals surface area contributed by atoms with Gasteiger partial charge in [0.15, 0.2) is 5.82 Å². The summed E-state index contributed by atoms with van der Waals surface area (Å²) in [7, 11) is 0. The van der Waals surface area contributed by atoms with Gasteiger partial charge in [-0.25, -0.2) is 0 Å². The standard InChI is InChI=1S/C11H19N5/c1-2-16(9-10-5-3-4-6-10)8-7-11-12-14-15-13-11/h5H,2-4,6-9H2,1H3,(H,12,13,14,15). The van der Waals surface area contributed by atoms with Crippen LogP contribution >= 0.6 is 0 Å². The molecule has 0 fully saturated rings. The maximum absolute atomic E-state index is 3.97. The molecule has 0 atom stereocenters. The quantitative estimate of drug-likeness (QED) is 0.733. The van der Waals surface area contributed by atoms with Gasteiger partial charge in [-0.05, 0) is 25.8 Å². The van der Waals surface area contributed by atoms with Gasteiger partial charge in [-0.1, -0.05) is 23.8 Å². The van der Waals surface area contributed by atoms with E-state index in [0.29, 0.717) is 0 Å². The van der Waals surface area contributed by atoms with Gasteiger partial charge in [0.1, 0.15) is 0 Å². The van der Waals surface area contributed by atoms with Crippen LogP contribution in [0.3, 0.4) is 0 Å². The van der Waals surface area contributed by atoms with Crippen molar-refractivity contribution in [3.63, 3.8) is 0 Å². The van der Waals surface area contributed by atoms with E-state index in [1.807, 2.05) is 0 Å². The van der Waals surface area contributed by atoms with E-state index in [0.717, 1.165) is 31.9 Å². The molecule has 88 valence electrons. The molecule has 16 heavy (non-hydrogen) atoms. The van der Waals surface area contributed by atoms with Crippen molar-refractivity contribution in [1.82, 2.24) is 25.5 Å². The Labute approximate surface area is 95.9 Å². The number of rotatable bonds is 6. The Bertz CT molecular complexity index is 330. The second-order valence-corrected chi connectivity index (χ2v) is 4.20. The number of aromatic nitrogens is 4. The summed E-state index contributed by atoms with van der Waals surface area (Å²) in [6.07, 6.45) is 7.13. The summed E-state index contributed by atoms with van der Waals surface area (Å²) in [4.78, 5) is 2.44. The molecule has 0 unspecified atom stereocenters. The minimum absolute atomic E-state index is 0.804. The third-order valence-electron chi connectivity index (χ3n) is 3.05. The van der Waals surface area contributed by atoms with E-state index in [4.69, 9.17) is 0 Å². The third kappa shape index (κ3) is 3.13. The number of likely N-dealkylation sites (N-methyl/N-ethyl adjacent to an activating group) is 1. The van der Waals surface area contributed by atoms with Gasteiger partial charge in [0.2, 0.25) is 0 Å². The Balaban J connectivity index is 1.76. The molecule has 0 aliphatic heterocycles. The smallest absolute Gasteiger partial charge is 0.175 e. The highest BCUT2D eigenvalue weighted by atomic mass is 15.5. The number of hydrogen-bond donors (Lipinski definition) is 1. The zero-order valence-corrected chi connectivity index (χ0v) is 9.82. The summed E-state index contributed by atoms with van der Waals surface area (Å²) in [5.41, 5.74) is 1.59. The minimum Gasteiger partial charge on any atom is -0.299 e. The lowest BCUT2D eigenvalue weighted by Crippen LogP contribution is -2.28. The molecule has 1 aromatic rings. The summed E-state index contributed by atoms with van der Waals surface area (Å²) >= 11 is 0. The van der Waals surface area contributed by atoms with Gasteiger partial charge in [0, 0.05) is 19.5 Å². The second-order valence-electron chi connectivity index (χ2n) is 4.20.